The van der Waals surface area contributed by atoms with Crippen LogP contribution in [-0.4, -0.2) is 24.6 Å². The second-order valence-electron chi connectivity index (χ2n) is 5.16. The lowest BCUT2D eigenvalue weighted by Crippen LogP contribution is -2.33. The number of nitrogens with one attached hydrogen (secondary N) is 1. The van der Waals surface area contributed by atoms with Crippen LogP contribution in [0.1, 0.15) is 45.6 Å². The van der Waals surface area contributed by atoms with Crippen molar-refractivity contribution < 1.29 is 0 Å². The van der Waals surface area contributed by atoms with Crippen molar-refractivity contribution in [3.63, 3.8) is 0 Å². The van der Waals surface area contributed by atoms with E-state index in [9.17, 15) is 0 Å². The van der Waals surface area contributed by atoms with E-state index in [4.69, 9.17) is 0 Å². The van der Waals surface area contributed by atoms with E-state index in [1.807, 2.05) is 13.2 Å². The predicted molar refractivity (Wildman–Crippen MR) is 86.7 cm³/mol. The Bertz CT molecular complexity index is 380. The van der Waals surface area contributed by atoms with Crippen molar-refractivity contribution in [1.29, 1.82) is 0 Å². The van der Waals surface area contributed by atoms with Crippen molar-refractivity contribution >= 4 is 21.7 Å². The molecule has 0 bridgehead atoms. The zero-order chi connectivity index (χ0) is 14.3. The molecule has 0 unspecified atom stereocenters. The normalized spacial score (nSPS) is 11.1. The Morgan fingerprint density at radius 2 is 2.11 bits per heavy atom. The molecule has 0 saturated heterocycles. The molecule has 19 heavy (non-hydrogen) atoms. The lowest BCUT2D eigenvalue weighted by Gasteiger charge is -2.30. The van der Waals surface area contributed by atoms with Crippen molar-refractivity contribution in [3.8, 4) is 0 Å². The van der Waals surface area contributed by atoms with Crippen molar-refractivity contribution in [2.45, 2.75) is 52.6 Å². The smallest absolute Gasteiger partial charge is 0.133 e. The highest BCUT2D eigenvalue weighted by Gasteiger charge is 2.15. The summed E-state index contributed by atoms with van der Waals surface area (Å²) in [5.74, 6) is 1.11. The van der Waals surface area contributed by atoms with Gasteiger partial charge in [0.05, 0.1) is 0 Å². The molecule has 0 amide bonds. The first-order valence-corrected chi connectivity index (χ1v) is 7.95. The van der Waals surface area contributed by atoms with E-state index in [0.29, 0.717) is 6.04 Å². The highest BCUT2D eigenvalue weighted by molar-refractivity contribution is 9.10. The summed E-state index contributed by atoms with van der Waals surface area (Å²) in [5, 5.41) is 3.23. The van der Waals surface area contributed by atoms with Gasteiger partial charge < -0.3 is 10.2 Å². The minimum atomic E-state index is 0.473. The summed E-state index contributed by atoms with van der Waals surface area (Å²) in [4.78, 5) is 7.05. The summed E-state index contributed by atoms with van der Waals surface area (Å²) >= 11 is 3.51. The first-order chi connectivity index (χ1) is 9.10. The van der Waals surface area contributed by atoms with E-state index in [-0.39, 0.29) is 0 Å². The highest BCUT2D eigenvalue weighted by atomic mass is 79.9. The maximum absolute atomic E-state index is 4.64. The fraction of sp³-hybridized carbons (Fsp3) is 0.667. The molecule has 1 aromatic heterocycles. The van der Waals surface area contributed by atoms with Crippen LogP contribution in [0.2, 0.25) is 0 Å². The third kappa shape index (κ3) is 5.11. The standard InChI is InChI=1S/C15H26BrN3/c1-5-6-7-8-19(12(2)3)15-13(10-17-4)9-14(16)11-18-15/h9,11-12,17H,5-8,10H2,1-4H3. The molecule has 0 aromatic carbocycles. The SMILES string of the molecule is CCCCCN(c1ncc(Br)cc1CNC)C(C)C. The van der Waals surface area contributed by atoms with Crippen molar-refractivity contribution in [1.82, 2.24) is 10.3 Å². The van der Waals surface area contributed by atoms with E-state index in [1.54, 1.807) is 0 Å². The van der Waals surface area contributed by atoms with Gasteiger partial charge in [-0.3, -0.25) is 0 Å². The third-order valence-electron chi connectivity index (χ3n) is 3.17. The number of nitrogens with zero attached hydrogens (tertiary/aromatic N) is 2. The summed E-state index contributed by atoms with van der Waals surface area (Å²) in [7, 11) is 1.97. The van der Waals surface area contributed by atoms with Gasteiger partial charge in [0.1, 0.15) is 5.82 Å². The maximum atomic E-state index is 4.64. The minimum Gasteiger partial charge on any atom is -0.354 e. The van der Waals surface area contributed by atoms with Crippen LogP contribution in [0.5, 0.6) is 0 Å². The van der Waals surface area contributed by atoms with Gasteiger partial charge in [-0.15, -0.1) is 0 Å². The first-order valence-electron chi connectivity index (χ1n) is 7.15. The first kappa shape index (κ1) is 16.4. The van der Waals surface area contributed by atoms with Crippen molar-refractivity contribution in [2.75, 3.05) is 18.5 Å². The molecule has 108 valence electrons. The Morgan fingerprint density at radius 1 is 1.37 bits per heavy atom. The van der Waals surface area contributed by atoms with Gasteiger partial charge in [-0.25, -0.2) is 4.98 Å². The van der Waals surface area contributed by atoms with Crippen LogP contribution in [0.25, 0.3) is 0 Å². The number of anilines is 1. The molecular weight excluding hydrogens is 302 g/mol. The van der Waals surface area contributed by atoms with E-state index in [1.165, 1.54) is 24.8 Å². The molecule has 0 atom stereocenters. The Hall–Kier alpha value is -0.610. The largest absolute Gasteiger partial charge is 0.354 e. The summed E-state index contributed by atoms with van der Waals surface area (Å²) in [6, 6.07) is 2.63. The molecule has 0 aliphatic carbocycles. The lowest BCUT2D eigenvalue weighted by atomic mass is 10.1. The number of halogens is 1. The molecule has 4 heteroatoms. The Morgan fingerprint density at radius 3 is 2.68 bits per heavy atom. The molecule has 1 heterocycles. The maximum Gasteiger partial charge on any atom is 0.133 e. The molecule has 3 nitrogen and oxygen atoms in total. The summed E-state index contributed by atoms with van der Waals surface area (Å²) in [6.45, 7) is 8.64. The van der Waals surface area contributed by atoms with Gasteiger partial charge in [-0.1, -0.05) is 19.8 Å². The summed E-state index contributed by atoms with van der Waals surface area (Å²) in [6.07, 6.45) is 5.65. The fourth-order valence-corrected chi connectivity index (χ4v) is 2.57. The number of aromatic nitrogens is 1. The molecule has 0 aliphatic rings. The average Bonchev–Trinajstić information content (AvgIpc) is 2.36. The molecule has 0 spiro atoms. The molecule has 0 saturated carbocycles. The van der Waals surface area contributed by atoms with Gasteiger partial charge >= 0.3 is 0 Å². The second-order valence-corrected chi connectivity index (χ2v) is 6.08. The number of hydrogen-bond donors (Lipinski definition) is 1. The van der Waals surface area contributed by atoms with Crippen LogP contribution in [0, 0.1) is 0 Å². The number of pyridine rings is 1. The van der Waals surface area contributed by atoms with Crippen LogP contribution in [0.4, 0.5) is 5.82 Å². The van der Waals surface area contributed by atoms with Crippen LogP contribution in [-0.2, 0) is 6.54 Å². The van der Waals surface area contributed by atoms with E-state index in [0.717, 1.165) is 23.4 Å². The number of unbranched alkanes of at least 4 members (excludes halogenated alkanes) is 2. The average molecular weight is 328 g/mol. The Kier molecular flexibility index (Phi) is 7.39. The summed E-state index contributed by atoms with van der Waals surface area (Å²) in [5.41, 5.74) is 1.25. The van der Waals surface area contributed by atoms with E-state index in [2.05, 4.69) is 58.0 Å². The van der Waals surface area contributed by atoms with Gasteiger partial charge in [0, 0.05) is 35.4 Å². The van der Waals surface area contributed by atoms with Crippen LogP contribution in [0.3, 0.4) is 0 Å². The molecule has 0 radical (unpaired) electrons. The van der Waals surface area contributed by atoms with Gasteiger partial charge in [0.2, 0.25) is 0 Å². The zero-order valence-corrected chi connectivity index (χ0v) is 14.1. The van der Waals surface area contributed by atoms with Gasteiger partial charge in [-0.05, 0) is 49.3 Å². The minimum absolute atomic E-state index is 0.473. The van der Waals surface area contributed by atoms with Gasteiger partial charge in [0.25, 0.3) is 0 Å². The van der Waals surface area contributed by atoms with Crippen molar-refractivity contribution in [3.05, 3.63) is 22.3 Å². The number of hydrogen-bond acceptors (Lipinski definition) is 3. The zero-order valence-electron chi connectivity index (χ0n) is 12.5. The fourth-order valence-electron chi connectivity index (χ4n) is 2.19. The molecular formula is C15H26BrN3. The van der Waals surface area contributed by atoms with E-state index >= 15 is 0 Å². The third-order valence-corrected chi connectivity index (χ3v) is 3.61. The topological polar surface area (TPSA) is 28.2 Å². The number of rotatable bonds is 8. The second kappa shape index (κ2) is 8.54. The quantitative estimate of drug-likeness (QED) is 0.732. The molecule has 1 aromatic rings. The Labute approximate surface area is 125 Å². The van der Waals surface area contributed by atoms with Gasteiger partial charge in [0.15, 0.2) is 0 Å². The monoisotopic (exact) mass is 327 g/mol. The molecule has 0 aliphatic heterocycles. The predicted octanol–water partition coefficient (Wildman–Crippen LogP) is 3.97. The lowest BCUT2D eigenvalue weighted by molar-refractivity contribution is 0.615. The molecule has 1 rings (SSSR count). The van der Waals surface area contributed by atoms with Crippen molar-refractivity contribution in [2.24, 2.45) is 0 Å². The molecule has 1 N–H and O–H groups in total. The van der Waals surface area contributed by atoms with Crippen LogP contribution < -0.4 is 10.2 Å². The van der Waals surface area contributed by atoms with Crippen LogP contribution >= 0.6 is 15.9 Å². The summed E-state index contributed by atoms with van der Waals surface area (Å²) < 4.78 is 1.04. The van der Waals surface area contributed by atoms with Gasteiger partial charge in [-0.2, -0.15) is 0 Å². The molecule has 0 fully saturated rings. The Balaban J connectivity index is 2.93. The van der Waals surface area contributed by atoms with Crippen LogP contribution in [0.15, 0.2) is 16.7 Å². The highest BCUT2D eigenvalue weighted by Crippen LogP contribution is 2.23. The van der Waals surface area contributed by atoms with E-state index < -0.39 is 0 Å².